The summed E-state index contributed by atoms with van der Waals surface area (Å²) in [5, 5.41) is 4.09. The molecule has 128 valence electrons. The summed E-state index contributed by atoms with van der Waals surface area (Å²) in [7, 11) is 3.51. The first-order chi connectivity index (χ1) is 11.7. The highest BCUT2D eigenvalue weighted by Crippen LogP contribution is 2.15. The van der Waals surface area contributed by atoms with Gasteiger partial charge in [-0.2, -0.15) is 5.10 Å². The summed E-state index contributed by atoms with van der Waals surface area (Å²) in [4.78, 5) is 16.9. The van der Waals surface area contributed by atoms with Crippen LogP contribution in [0.4, 0.5) is 0 Å². The summed E-state index contributed by atoms with van der Waals surface area (Å²) in [6, 6.07) is 8.18. The van der Waals surface area contributed by atoms with Crippen LogP contribution in [0.3, 0.4) is 0 Å². The number of nitrogens with zero attached hydrogens (tertiary/aromatic N) is 4. The Balaban J connectivity index is 1.57. The molecule has 0 spiro atoms. The highest BCUT2D eigenvalue weighted by Gasteiger charge is 2.21. The fraction of sp³-hybridized carbons (Fsp3) is 0.444. The van der Waals surface area contributed by atoms with Crippen molar-refractivity contribution in [1.82, 2.24) is 19.6 Å². The van der Waals surface area contributed by atoms with Gasteiger partial charge in [-0.1, -0.05) is 12.1 Å². The highest BCUT2D eigenvalue weighted by molar-refractivity contribution is 5.93. The number of rotatable bonds is 4. The van der Waals surface area contributed by atoms with Gasteiger partial charge >= 0.3 is 0 Å². The number of ether oxygens (including phenoxy) is 1. The molecule has 1 aliphatic rings. The number of hydrogen-bond acceptors (Lipinski definition) is 4. The van der Waals surface area contributed by atoms with E-state index in [9.17, 15) is 4.79 Å². The zero-order valence-corrected chi connectivity index (χ0v) is 14.3. The molecule has 3 rings (SSSR count). The fourth-order valence-electron chi connectivity index (χ4n) is 3.04. The van der Waals surface area contributed by atoms with Crippen LogP contribution in [-0.4, -0.2) is 58.8 Å². The van der Waals surface area contributed by atoms with E-state index < -0.39 is 0 Å². The average Bonchev–Trinajstić information content (AvgIpc) is 2.90. The van der Waals surface area contributed by atoms with Crippen molar-refractivity contribution in [2.75, 3.05) is 33.3 Å². The van der Waals surface area contributed by atoms with Gasteiger partial charge in [0.25, 0.3) is 5.91 Å². The Hall–Kier alpha value is -2.34. The molecule has 0 bridgehead atoms. The lowest BCUT2D eigenvalue weighted by molar-refractivity contribution is 0.0761. The molecule has 24 heavy (non-hydrogen) atoms. The molecule has 1 aliphatic heterocycles. The van der Waals surface area contributed by atoms with Crippen LogP contribution in [0.15, 0.2) is 36.7 Å². The molecular weight excluding hydrogens is 304 g/mol. The third kappa shape index (κ3) is 3.94. The number of carbonyl (C=O) groups is 1. The molecule has 6 nitrogen and oxygen atoms in total. The molecule has 6 heteroatoms. The molecule has 1 aromatic heterocycles. The lowest BCUT2D eigenvalue weighted by atomic mass is 10.2. The van der Waals surface area contributed by atoms with E-state index in [1.54, 1.807) is 24.2 Å². The van der Waals surface area contributed by atoms with E-state index in [1.807, 2.05) is 24.1 Å². The minimum Gasteiger partial charge on any atom is -0.497 e. The first-order valence-electron chi connectivity index (χ1n) is 8.29. The van der Waals surface area contributed by atoms with Crippen molar-refractivity contribution in [3.8, 4) is 5.75 Å². The van der Waals surface area contributed by atoms with Crippen LogP contribution >= 0.6 is 0 Å². The molecule has 0 radical (unpaired) electrons. The standard InChI is InChI=1S/C18H24N4O2/c1-20-14-16(12-19-20)18(23)22-9-3-8-21(10-11-22)13-15-4-6-17(24-2)7-5-15/h4-7,12,14H,3,8-11,13H2,1-2H3. The summed E-state index contributed by atoms with van der Waals surface area (Å²) in [6.45, 7) is 4.34. The van der Waals surface area contributed by atoms with E-state index in [1.165, 1.54) is 5.56 Å². The van der Waals surface area contributed by atoms with Crippen LogP contribution in [0.25, 0.3) is 0 Å². The van der Waals surface area contributed by atoms with Crippen molar-refractivity contribution in [3.05, 3.63) is 47.8 Å². The molecule has 0 N–H and O–H groups in total. The lowest BCUT2D eigenvalue weighted by Gasteiger charge is -2.21. The van der Waals surface area contributed by atoms with Crippen molar-refractivity contribution >= 4 is 5.91 Å². The fourth-order valence-corrected chi connectivity index (χ4v) is 3.04. The first kappa shape index (κ1) is 16.5. The van der Waals surface area contributed by atoms with Gasteiger partial charge in [-0.15, -0.1) is 0 Å². The zero-order valence-electron chi connectivity index (χ0n) is 14.3. The number of methoxy groups -OCH3 is 1. The van der Waals surface area contributed by atoms with Gasteiger partial charge in [0.2, 0.25) is 0 Å². The van der Waals surface area contributed by atoms with Crippen molar-refractivity contribution in [1.29, 1.82) is 0 Å². The summed E-state index contributed by atoms with van der Waals surface area (Å²) in [5.74, 6) is 0.956. The molecule has 2 aromatic rings. The monoisotopic (exact) mass is 328 g/mol. The van der Waals surface area contributed by atoms with Gasteiger partial charge in [0.1, 0.15) is 5.75 Å². The van der Waals surface area contributed by atoms with E-state index in [0.717, 1.165) is 44.9 Å². The van der Waals surface area contributed by atoms with Crippen LogP contribution < -0.4 is 4.74 Å². The van der Waals surface area contributed by atoms with Crippen molar-refractivity contribution in [3.63, 3.8) is 0 Å². The molecule has 2 heterocycles. The van der Waals surface area contributed by atoms with E-state index in [0.29, 0.717) is 5.56 Å². The van der Waals surface area contributed by atoms with E-state index in [2.05, 4.69) is 22.1 Å². The largest absolute Gasteiger partial charge is 0.497 e. The Morgan fingerprint density at radius 1 is 1.17 bits per heavy atom. The maximum Gasteiger partial charge on any atom is 0.257 e. The molecule has 1 saturated heterocycles. The minimum atomic E-state index is 0.0781. The van der Waals surface area contributed by atoms with Crippen molar-refractivity contribution in [2.24, 2.45) is 7.05 Å². The van der Waals surface area contributed by atoms with Crippen LogP contribution in [0.1, 0.15) is 22.3 Å². The van der Waals surface area contributed by atoms with Gasteiger partial charge in [-0.05, 0) is 24.1 Å². The molecule has 0 unspecified atom stereocenters. The van der Waals surface area contributed by atoms with Crippen LogP contribution in [0.5, 0.6) is 5.75 Å². The summed E-state index contributed by atoms with van der Waals surface area (Å²) >= 11 is 0. The minimum absolute atomic E-state index is 0.0781. The van der Waals surface area contributed by atoms with Gasteiger partial charge in [0.15, 0.2) is 0 Å². The Labute approximate surface area is 142 Å². The Kier molecular flexibility index (Phi) is 5.15. The van der Waals surface area contributed by atoms with Gasteiger partial charge in [0.05, 0.1) is 18.9 Å². The summed E-state index contributed by atoms with van der Waals surface area (Å²) < 4.78 is 6.87. The molecule has 0 atom stereocenters. The number of benzene rings is 1. The highest BCUT2D eigenvalue weighted by atomic mass is 16.5. The third-order valence-corrected chi connectivity index (χ3v) is 4.39. The summed E-state index contributed by atoms with van der Waals surface area (Å²) in [5.41, 5.74) is 1.93. The molecule has 1 aromatic carbocycles. The van der Waals surface area contributed by atoms with Crippen molar-refractivity contribution < 1.29 is 9.53 Å². The van der Waals surface area contributed by atoms with Gasteiger partial charge in [0, 0.05) is 46.0 Å². The normalized spacial score (nSPS) is 16.0. The molecule has 1 amide bonds. The van der Waals surface area contributed by atoms with Gasteiger partial charge in [-0.3, -0.25) is 14.4 Å². The quantitative estimate of drug-likeness (QED) is 0.858. The number of aromatic nitrogens is 2. The van der Waals surface area contributed by atoms with Crippen LogP contribution in [-0.2, 0) is 13.6 Å². The van der Waals surface area contributed by atoms with E-state index in [4.69, 9.17) is 4.74 Å². The lowest BCUT2D eigenvalue weighted by Crippen LogP contribution is -2.35. The second kappa shape index (κ2) is 7.49. The molecular formula is C18H24N4O2. The Morgan fingerprint density at radius 2 is 1.96 bits per heavy atom. The third-order valence-electron chi connectivity index (χ3n) is 4.39. The second-order valence-electron chi connectivity index (χ2n) is 6.17. The Bertz CT molecular complexity index is 681. The van der Waals surface area contributed by atoms with Gasteiger partial charge < -0.3 is 9.64 Å². The van der Waals surface area contributed by atoms with E-state index >= 15 is 0 Å². The first-order valence-corrected chi connectivity index (χ1v) is 8.29. The zero-order chi connectivity index (χ0) is 16.9. The number of aryl methyl sites for hydroxylation is 1. The average molecular weight is 328 g/mol. The summed E-state index contributed by atoms with van der Waals surface area (Å²) in [6.07, 6.45) is 4.41. The van der Waals surface area contributed by atoms with E-state index in [-0.39, 0.29) is 5.91 Å². The smallest absolute Gasteiger partial charge is 0.257 e. The predicted molar refractivity (Wildman–Crippen MR) is 92.0 cm³/mol. The number of amides is 1. The number of carbonyl (C=O) groups excluding carboxylic acids is 1. The van der Waals surface area contributed by atoms with Crippen LogP contribution in [0.2, 0.25) is 0 Å². The molecule has 1 fully saturated rings. The molecule has 0 aliphatic carbocycles. The molecule has 0 saturated carbocycles. The van der Waals surface area contributed by atoms with Crippen molar-refractivity contribution in [2.45, 2.75) is 13.0 Å². The number of hydrogen-bond donors (Lipinski definition) is 0. The SMILES string of the molecule is COc1ccc(CN2CCCN(C(=O)c3cnn(C)c3)CC2)cc1. The topological polar surface area (TPSA) is 50.6 Å². The predicted octanol–water partition coefficient (Wildman–Crippen LogP) is 1.78. The van der Waals surface area contributed by atoms with Crippen LogP contribution in [0, 0.1) is 0 Å². The Morgan fingerprint density at radius 3 is 2.62 bits per heavy atom. The van der Waals surface area contributed by atoms with Gasteiger partial charge in [-0.25, -0.2) is 0 Å². The maximum absolute atomic E-state index is 12.5. The maximum atomic E-state index is 12.5. The second-order valence-corrected chi connectivity index (χ2v) is 6.17.